The molecule has 0 bridgehead atoms. The number of rotatable bonds is 4. The maximum absolute atomic E-state index is 12.8. The number of fused-ring (bicyclic) bond motifs is 1. The summed E-state index contributed by atoms with van der Waals surface area (Å²) in [4.78, 5) is 29.7. The van der Waals surface area contributed by atoms with Gasteiger partial charge in [0.2, 0.25) is 0 Å². The molecule has 3 aromatic rings. The van der Waals surface area contributed by atoms with Crippen molar-refractivity contribution < 1.29 is 5.11 Å². The molecule has 0 unspecified atom stereocenters. The third kappa shape index (κ3) is 2.42. The van der Waals surface area contributed by atoms with E-state index in [0.29, 0.717) is 36.6 Å². The maximum atomic E-state index is 12.8. The number of phenolic OH excluding ortho intramolecular Hbond substituents is 1. The summed E-state index contributed by atoms with van der Waals surface area (Å²) >= 11 is 0. The number of aromatic nitrogens is 4. The lowest BCUT2D eigenvalue weighted by Crippen LogP contribution is -2.40. The summed E-state index contributed by atoms with van der Waals surface area (Å²) in [6.07, 6.45) is 0. The number of nitrogens with zero attached hydrogens (tertiary/aromatic N) is 4. The van der Waals surface area contributed by atoms with Crippen molar-refractivity contribution in [1.29, 1.82) is 0 Å². The van der Waals surface area contributed by atoms with Crippen molar-refractivity contribution in [1.82, 2.24) is 18.7 Å². The molecule has 1 aromatic carbocycles. The van der Waals surface area contributed by atoms with E-state index in [1.54, 1.807) is 29.7 Å². The molecule has 0 saturated carbocycles. The minimum Gasteiger partial charge on any atom is -0.508 e. The predicted molar refractivity (Wildman–Crippen MR) is 91.5 cm³/mol. The van der Waals surface area contributed by atoms with Gasteiger partial charge in [-0.15, -0.1) is 0 Å². The van der Waals surface area contributed by atoms with Crippen molar-refractivity contribution >= 4 is 11.2 Å². The van der Waals surface area contributed by atoms with E-state index < -0.39 is 0 Å². The molecule has 1 N–H and O–H groups in total. The Labute approximate surface area is 138 Å². The lowest BCUT2D eigenvalue weighted by atomic mass is 10.2. The Balaban J connectivity index is 2.31. The molecular formula is C17H20N4O3. The molecule has 126 valence electrons. The van der Waals surface area contributed by atoms with Crippen LogP contribution in [0, 0.1) is 6.92 Å². The van der Waals surface area contributed by atoms with Crippen LogP contribution in [-0.2, 0) is 19.6 Å². The van der Waals surface area contributed by atoms with Crippen LogP contribution in [0.5, 0.6) is 5.75 Å². The van der Waals surface area contributed by atoms with Crippen LogP contribution in [-0.4, -0.2) is 23.8 Å². The summed E-state index contributed by atoms with van der Waals surface area (Å²) < 4.78 is 4.54. The van der Waals surface area contributed by atoms with Gasteiger partial charge in [-0.25, -0.2) is 9.78 Å². The molecule has 7 heteroatoms. The summed E-state index contributed by atoms with van der Waals surface area (Å²) in [6.45, 7) is 6.59. The number of phenols is 1. The van der Waals surface area contributed by atoms with Gasteiger partial charge in [-0.3, -0.25) is 13.9 Å². The van der Waals surface area contributed by atoms with Gasteiger partial charge in [-0.1, -0.05) is 12.1 Å². The second-order valence-corrected chi connectivity index (χ2v) is 5.66. The van der Waals surface area contributed by atoms with Gasteiger partial charge in [0.25, 0.3) is 5.56 Å². The van der Waals surface area contributed by atoms with E-state index in [1.165, 1.54) is 9.13 Å². The SMILES string of the molecule is CCn1c(=O)c2c(nc(C)n2Cc2cccc(O)c2)n(CC)c1=O. The molecule has 7 nitrogen and oxygen atoms in total. The quantitative estimate of drug-likeness (QED) is 0.786. The van der Waals surface area contributed by atoms with Crippen molar-refractivity contribution in [3.63, 3.8) is 0 Å². The van der Waals surface area contributed by atoms with E-state index in [4.69, 9.17) is 0 Å². The second kappa shape index (κ2) is 5.99. The zero-order valence-electron chi connectivity index (χ0n) is 14.0. The summed E-state index contributed by atoms with van der Waals surface area (Å²) in [6, 6.07) is 6.88. The minimum absolute atomic E-state index is 0.172. The highest BCUT2D eigenvalue weighted by Gasteiger charge is 2.19. The largest absolute Gasteiger partial charge is 0.508 e. The van der Waals surface area contributed by atoms with Gasteiger partial charge in [-0.2, -0.15) is 0 Å². The number of hydrogen-bond acceptors (Lipinski definition) is 4. The Morgan fingerprint density at radius 3 is 2.42 bits per heavy atom. The molecule has 2 aromatic heterocycles. The van der Waals surface area contributed by atoms with Crippen LogP contribution in [0.3, 0.4) is 0 Å². The molecule has 2 heterocycles. The van der Waals surface area contributed by atoms with E-state index in [1.807, 2.05) is 19.9 Å². The van der Waals surface area contributed by atoms with Crippen LogP contribution in [0.4, 0.5) is 0 Å². The molecule has 0 spiro atoms. The van der Waals surface area contributed by atoms with Crippen molar-refractivity contribution in [2.24, 2.45) is 0 Å². The van der Waals surface area contributed by atoms with Gasteiger partial charge >= 0.3 is 5.69 Å². The van der Waals surface area contributed by atoms with E-state index in [2.05, 4.69) is 4.98 Å². The Morgan fingerprint density at radius 2 is 1.79 bits per heavy atom. The van der Waals surface area contributed by atoms with Gasteiger partial charge in [0, 0.05) is 19.6 Å². The summed E-state index contributed by atoms with van der Waals surface area (Å²) in [7, 11) is 0. The third-order valence-corrected chi connectivity index (χ3v) is 4.19. The number of aryl methyl sites for hydroxylation is 2. The smallest absolute Gasteiger partial charge is 0.332 e. The number of imidazole rings is 1. The fourth-order valence-electron chi connectivity index (χ4n) is 2.99. The zero-order valence-corrected chi connectivity index (χ0v) is 14.0. The number of hydrogen-bond donors (Lipinski definition) is 1. The van der Waals surface area contributed by atoms with Gasteiger partial charge in [-0.05, 0) is 38.5 Å². The van der Waals surface area contributed by atoms with E-state index in [-0.39, 0.29) is 17.0 Å². The van der Waals surface area contributed by atoms with Gasteiger partial charge in [0.15, 0.2) is 11.2 Å². The molecule has 0 fully saturated rings. The van der Waals surface area contributed by atoms with Crippen LogP contribution in [0.25, 0.3) is 11.2 Å². The van der Waals surface area contributed by atoms with E-state index in [9.17, 15) is 14.7 Å². The highest BCUT2D eigenvalue weighted by atomic mass is 16.3. The Morgan fingerprint density at radius 1 is 1.08 bits per heavy atom. The summed E-state index contributed by atoms with van der Waals surface area (Å²) in [5.74, 6) is 0.826. The van der Waals surface area contributed by atoms with Crippen molar-refractivity contribution in [2.75, 3.05) is 0 Å². The fraction of sp³-hybridized carbons (Fsp3) is 0.353. The number of aromatic hydroxyl groups is 1. The van der Waals surface area contributed by atoms with Crippen molar-refractivity contribution in [3.8, 4) is 5.75 Å². The molecule has 0 atom stereocenters. The maximum Gasteiger partial charge on any atom is 0.332 e. The first-order valence-electron chi connectivity index (χ1n) is 7.96. The lowest BCUT2D eigenvalue weighted by molar-refractivity contribution is 0.474. The fourth-order valence-corrected chi connectivity index (χ4v) is 2.99. The van der Waals surface area contributed by atoms with Crippen LogP contribution in [0.2, 0.25) is 0 Å². The van der Waals surface area contributed by atoms with Gasteiger partial charge in [0.1, 0.15) is 11.6 Å². The van der Waals surface area contributed by atoms with Crippen LogP contribution < -0.4 is 11.2 Å². The first kappa shape index (κ1) is 16.0. The first-order chi connectivity index (χ1) is 11.5. The normalized spacial score (nSPS) is 11.3. The van der Waals surface area contributed by atoms with Gasteiger partial charge < -0.3 is 9.67 Å². The molecular weight excluding hydrogens is 308 g/mol. The molecule has 0 radical (unpaired) electrons. The standard InChI is InChI=1S/C17H20N4O3/c1-4-19-15-14(16(23)20(5-2)17(19)24)21(11(3)18-15)10-12-7-6-8-13(22)9-12/h6-9,22H,4-5,10H2,1-3H3. The average molecular weight is 328 g/mol. The topological polar surface area (TPSA) is 82.0 Å². The van der Waals surface area contributed by atoms with Crippen LogP contribution >= 0.6 is 0 Å². The minimum atomic E-state index is -0.334. The van der Waals surface area contributed by atoms with Crippen LogP contribution in [0.15, 0.2) is 33.9 Å². The summed E-state index contributed by atoms with van der Waals surface area (Å²) in [5, 5.41) is 9.64. The Hall–Kier alpha value is -2.83. The zero-order chi connectivity index (χ0) is 17.4. The van der Waals surface area contributed by atoms with Gasteiger partial charge in [0.05, 0.1) is 0 Å². The lowest BCUT2D eigenvalue weighted by Gasteiger charge is -2.10. The molecule has 0 aliphatic carbocycles. The highest BCUT2D eigenvalue weighted by Crippen LogP contribution is 2.17. The first-order valence-corrected chi connectivity index (χ1v) is 7.96. The second-order valence-electron chi connectivity index (χ2n) is 5.66. The van der Waals surface area contributed by atoms with Crippen LogP contribution in [0.1, 0.15) is 25.2 Å². The predicted octanol–water partition coefficient (Wildman–Crippen LogP) is 1.46. The highest BCUT2D eigenvalue weighted by molar-refractivity contribution is 5.71. The average Bonchev–Trinajstić information content (AvgIpc) is 2.85. The third-order valence-electron chi connectivity index (χ3n) is 4.19. The number of benzene rings is 1. The van der Waals surface area contributed by atoms with Crippen molar-refractivity contribution in [3.05, 3.63) is 56.5 Å². The molecule has 0 aliphatic heterocycles. The van der Waals surface area contributed by atoms with E-state index in [0.717, 1.165) is 5.56 Å². The monoisotopic (exact) mass is 328 g/mol. The van der Waals surface area contributed by atoms with Crippen molar-refractivity contribution in [2.45, 2.75) is 40.4 Å². The molecule has 0 aliphatic rings. The summed E-state index contributed by atoms with van der Waals surface area (Å²) in [5.41, 5.74) is 1.02. The Bertz CT molecular complexity index is 1030. The molecule has 3 rings (SSSR count). The molecule has 0 amide bonds. The molecule has 24 heavy (non-hydrogen) atoms. The van der Waals surface area contributed by atoms with E-state index >= 15 is 0 Å². The Kier molecular flexibility index (Phi) is 4.01. The molecule has 0 saturated heterocycles.